The third-order valence-electron chi connectivity index (χ3n) is 3.93. The van der Waals surface area contributed by atoms with Crippen molar-refractivity contribution in [1.82, 2.24) is 15.1 Å². The minimum Gasteiger partial charge on any atom is -0.379 e. The third kappa shape index (κ3) is 4.30. The third-order valence-corrected chi connectivity index (χ3v) is 3.93. The number of nitrogens with one attached hydrogen (secondary N) is 1. The zero-order chi connectivity index (χ0) is 14.4. The second-order valence-corrected chi connectivity index (χ2v) is 5.51. The van der Waals surface area contributed by atoms with Crippen molar-refractivity contribution >= 4 is 0 Å². The second kappa shape index (κ2) is 7.76. The molecule has 0 saturated carbocycles. The zero-order valence-corrected chi connectivity index (χ0v) is 12.9. The van der Waals surface area contributed by atoms with E-state index in [1.165, 1.54) is 17.7 Å². The van der Waals surface area contributed by atoms with E-state index in [0.717, 1.165) is 51.4 Å². The van der Waals surface area contributed by atoms with E-state index in [2.05, 4.69) is 24.3 Å². The fourth-order valence-corrected chi connectivity index (χ4v) is 2.58. The molecule has 0 amide bonds. The Hall–Kier alpha value is -0.910. The summed E-state index contributed by atoms with van der Waals surface area (Å²) >= 11 is 0. The van der Waals surface area contributed by atoms with Crippen LogP contribution in [-0.2, 0) is 23.1 Å². The van der Waals surface area contributed by atoms with Gasteiger partial charge in [-0.15, -0.1) is 0 Å². The van der Waals surface area contributed by atoms with Crippen LogP contribution in [0.5, 0.6) is 0 Å². The first-order valence-corrected chi connectivity index (χ1v) is 7.57. The molecule has 1 aliphatic rings. The molecule has 0 radical (unpaired) electrons. The Kier molecular flexibility index (Phi) is 6.01. The van der Waals surface area contributed by atoms with Crippen molar-refractivity contribution in [3.05, 3.63) is 17.0 Å². The molecule has 0 aliphatic carbocycles. The van der Waals surface area contributed by atoms with Crippen LogP contribution >= 0.6 is 0 Å². The summed E-state index contributed by atoms with van der Waals surface area (Å²) in [5, 5.41) is 7.88. The molecule has 1 aliphatic heterocycles. The number of ether oxygens (including phenoxy) is 2. The van der Waals surface area contributed by atoms with Gasteiger partial charge in [-0.3, -0.25) is 4.68 Å². The molecule has 1 saturated heterocycles. The van der Waals surface area contributed by atoms with Crippen LogP contribution in [0.2, 0.25) is 0 Å². The molecule has 2 rings (SSSR count). The van der Waals surface area contributed by atoms with Gasteiger partial charge in [-0.1, -0.05) is 0 Å². The van der Waals surface area contributed by atoms with Gasteiger partial charge in [0.1, 0.15) is 0 Å². The van der Waals surface area contributed by atoms with Gasteiger partial charge < -0.3 is 14.8 Å². The lowest BCUT2D eigenvalue weighted by molar-refractivity contribution is 0.0166. The summed E-state index contributed by atoms with van der Waals surface area (Å²) in [4.78, 5) is 0. The van der Waals surface area contributed by atoms with Crippen LogP contribution in [0.1, 0.15) is 36.2 Å². The maximum absolute atomic E-state index is 5.64. The highest BCUT2D eigenvalue weighted by Gasteiger charge is 2.14. The van der Waals surface area contributed by atoms with E-state index in [0.29, 0.717) is 6.10 Å². The van der Waals surface area contributed by atoms with Crippen LogP contribution in [0.3, 0.4) is 0 Å². The molecule has 2 heterocycles. The SMILES string of the molecule is Cc1nn(C)c(C)c1CNCCCOCC1CCCO1. The molecular weight excluding hydrogens is 254 g/mol. The molecule has 1 N–H and O–H groups in total. The van der Waals surface area contributed by atoms with Crippen molar-refractivity contribution in [2.75, 3.05) is 26.4 Å². The van der Waals surface area contributed by atoms with Gasteiger partial charge >= 0.3 is 0 Å². The Labute approximate surface area is 121 Å². The van der Waals surface area contributed by atoms with Crippen LogP contribution in [0.4, 0.5) is 0 Å². The highest BCUT2D eigenvalue weighted by molar-refractivity contribution is 5.23. The average Bonchev–Trinajstić information content (AvgIpc) is 3.01. The Balaban J connectivity index is 1.53. The molecule has 1 aromatic heterocycles. The maximum atomic E-state index is 5.64. The second-order valence-electron chi connectivity index (χ2n) is 5.51. The quantitative estimate of drug-likeness (QED) is 0.737. The molecule has 1 aromatic rings. The van der Waals surface area contributed by atoms with E-state index in [9.17, 15) is 0 Å². The van der Waals surface area contributed by atoms with Crippen molar-refractivity contribution in [3.8, 4) is 0 Å². The average molecular weight is 281 g/mol. The van der Waals surface area contributed by atoms with Gasteiger partial charge in [0.15, 0.2) is 0 Å². The minimum atomic E-state index is 0.337. The fraction of sp³-hybridized carbons (Fsp3) is 0.800. The number of aromatic nitrogens is 2. The van der Waals surface area contributed by atoms with Gasteiger partial charge in [-0.2, -0.15) is 5.10 Å². The topological polar surface area (TPSA) is 48.3 Å². The van der Waals surface area contributed by atoms with Gasteiger partial charge in [-0.25, -0.2) is 0 Å². The first kappa shape index (κ1) is 15.5. The van der Waals surface area contributed by atoms with E-state index >= 15 is 0 Å². The first-order valence-electron chi connectivity index (χ1n) is 7.57. The first-order chi connectivity index (χ1) is 9.68. The number of hydrogen-bond acceptors (Lipinski definition) is 4. The molecule has 114 valence electrons. The standard InChI is InChI=1S/C15H27N3O2/c1-12-15(13(2)18(3)17-12)10-16-7-5-8-19-11-14-6-4-9-20-14/h14,16H,4-11H2,1-3H3. The fourth-order valence-electron chi connectivity index (χ4n) is 2.58. The molecule has 0 bridgehead atoms. The maximum Gasteiger partial charge on any atom is 0.0809 e. The summed E-state index contributed by atoms with van der Waals surface area (Å²) in [6, 6.07) is 0. The van der Waals surface area contributed by atoms with Gasteiger partial charge in [0.2, 0.25) is 0 Å². The summed E-state index contributed by atoms with van der Waals surface area (Å²) in [6.07, 6.45) is 3.70. The van der Waals surface area contributed by atoms with Gasteiger partial charge in [0, 0.05) is 38.1 Å². The lowest BCUT2D eigenvalue weighted by Crippen LogP contribution is -2.19. The van der Waals surface area contributed by atoms with Crippen molar-refractivity contribution in [2.24, 2.45) is 7.05 Å². The number of nitrogens with zero attached hydrogens (tertiary/aromatic N) is 2. The summed E-state index contributed by atoms with van der Waals surface area (Å²) in [5.74, 6) is 0. The van der Waals surface area contributed by atoms with Crippen molar-refractivity contribution in [2.45, 2.75) is 45.8 Å². The van der Waals surface area contributed by atoms with Crippen LogP contribution < -0.4 is 5.32 Å². The van der Waals surface area contributed by atoms with Crippen LogP contribution in [0, 0.1) is 13.8 Å². The Bertz CT molecular complexity index is 411. The highest BCUT2D eigenvalue weighted by atomic mass is 16.5. The Morgan fingerprint density at radius 3 is 2.95 bits per heavy atom. The Morgan fingerprint density at radius 2 is 2.30 bits per heavy atom. The van der Waals surface area contributed by atoms with E-state index in [-0.39, 0.29) is 0 Å². The molecule has 1 atom stereocenters. The molecule has 1 unspecified atom stereocenters. The largest absolute Gasteiger partial charge is 0.379 e. The summed E-state index contributed by atoms with van der Waals surface area (Å²) in [7, 11) is 1.99. The minimum absolute atomic E-state index is 0.337. The normalized spacial score (nSPS) is 18.9. The number of aryl methyl sites for hydroxylation is 2. The van der Waals surface area contributed by atoms with Crippen LogP contribution in [0.15, 0.2) is 0 Å². The number of rotatable bonds is 8. The van der Waals surface area contributed by atoms with Crippen LogP contribution in [0.25, 0.3) is 0 Å². The molecular formula is C15H27N3O2. The van der Waals surface area contributed by atoms with E-state index in [4.69, 9.17) is 9.47 Å². The molecule has 5 nitrogen and oxygen atoms in total. The predicted molar refractivity (Wildman–Crippen MR) is 78.8 cm³/mol. The summed E-state index contributed by atoms with van der Waals surface area (Å²) in [5.41, 5.74) is 3.67. The lowest BCUT2D eigenvalue weighted by atomic mass is 10.2. The van der Waals surface area contributed by atoms with Gasteiger partial charge in [0.25, 0.3) is 0 Å². The molecule has 0 aromatic carbocycles. The molecule has 5 heteroatoms. The van der Waals surface area contributed by atoms with E-state index in [1.54, 1.807) is 0 Å². The van der Waals surface area contributed by atoms with Crippen molar-refractivity contribution in [3.63, 3.8) is 0 Å². The van der Waals surface area contributed by atoms with Crippen molar-refractivity contribution in [1.29, 1.82) is 0 Å². The molecule has 1 fully saturated rings. The van der Waals surface area contributed by atoms with Gasteiger partial charge in [0.05, 0.1) is 18.4 Å². The smallest absolute Gasteiger partial charge is 0.0809 e. The molecule has 0 spiro atoms. The monoisotopic (exact) mass is 281 g/mol. The van der Waals surface area contributed by atoms with Gasteiger partial charge in [-0.05, 0) is 39.7 Å². The predicted octanol–water partition coefficient (Wildman–Crippen LogP) is 1.71. The summed E-state index contributed by atoms with van der Waals surface area (Å²) < 4.78 is 13.1. The Morgan fingerprint density at radius 1 is 1.45 bits per heavy atom. The number of hydrogen-bond donors (Lipinski definition) is 1. The highest BCUT2D eigenvalue weighted by Crippen LogP contribution is 2.12. The molecule has 20 heavy (non-hydrogen) atoms. The van der Waals surface area contributed by atoms with Crippen LogP contribution in [-0.4, -0.2) is 42.2 Å². The van der Waals surface area contributed by atoms with E-state index < -0.39 is 0 Å². The zero-order valence-electron chi connectivity index (χ0n) is 12.9. The summed E-state index contributed by atoms with van der Waals surface area (Å²) in [6.45, 7) is 8.49. The van der Waals surface area contributed by atoms with Crippen molar-refractivity contribution < 1.29 is 9.47 Å². The lowest BCUT2D eigenvalue weighted by Gasteiger charge is -2.10. The van der Waals surface area contributed by atoms with E-state index in [1.807, 2.05) is 11.7 Å².